The van der Waals surface area contributed by atoms with Crippen molar-refractivity contribution >= 4 is 5.97 Å². The van der Waals surface area contributed by atoms with Crippen LogP contribution in [0.25, 0.3) is 0 Å². The number of aromatic nitrogens is 3. The highest BCUT2D eigenvalue weighted by atomic mass is 19.4. The summed E-state index contributed by atoms with van der Waals surface area (Å²) in [7, 11) is 0. The van der Waals surface area contributed by atoms with Crippen LogP contribution in [0.1, 0.15) is 36.1 Å². The predicted molar refractivity (Wildman–Crippen MR) is 47.1 cm³/mol. The molecule has 0 saturated heterocycles. The Morgan fingerprint density at radius 1 is 1.56 bits per heavy atom. The van der Waals surface area contributed by atoms with E-state index in [1.165, 1.54) is 0 Å². The first-order valence-electron chi connectivity index (χ1n) is 4.53. The van der Waals surface area contributed by atoms with E-state index >= 15 is 0 Å². The molecule has 0 saturated carbocycles. The van der Waals surface area contributed by atoms with Crippen molar-refractivity contribution in [2.45, 2.75) is 32.5 Å². The Morgan fingerprint density at radius 3 is 2.50 bits per heavy atom. The first-order chi connectivity index (χ1) is 7.29. The second-order valence-electron chi connectivity index (χ2n) is 3.21. The number of nitrogens with zero attached hydrogens (tertiary/aromatic N) is 3. The van der Waals surface area contributed by atoms with Gasteiger partial charge in [-0.2, -0.15) is 13.2 Å². The molecule has 0 aliphatic rings. The molecule has 0 bridgehead atoms. The third-order valence-electron chi connectivity index (χ3n) is 2.17. The van der Waals surface area contributed by atoms with Crippen molar-refractivity contribution < 1.29 is 23.1 Å². The quantitative estimate of drug-likeness (QED) is 0.868. The molecule has 8 heteroatoms. The molecule has 1 N–H and O–H groups in total. The maximum absolute atomic E-state index is 12.4. The molecule has 16 heavy (non-hydrogen) atoms. The first-order valence-corrected chi connectivity index (χ1v) is 4.53. The summed E-state index contributed by atoms with van der Waals surface area (Å²) in [5.74, 6) is -1.38. The first kappa shape index (κ1) is 12.5. The van der Waals surface area contributed by atoms with Crippen LogP contribution < -0.4 is 0 Å². The van der Waals surface area contributed by atoms with Gasteiger partial charge in [-0.3, -0.25) is 0 Å². The summed E-state index contributed by atoms with van der Waals surface area (Å²) in [4.78, 5) is 10.7. The van der Waals surface area contributed by atoms with Gasteiger partial charge in [-0.15, -0.1) is 5.10 Å². The summed E-state index contributed by atoms with van der Waals surface area (Å²) >= 11 is 0. The molecule has 1 aromatic heterocycles. The van der Waals surface area contributed by atoms with Crippen LogP contribution in [0.4, 0.5) is 13.2 Å². The average Bonchev–Trinajstić information content (AvgIpc) is 2.57. The molecule has 0 aliphatic heterocycles. The second-order valence-corrected chi connectivity index (χ2v) is 3.21. The zero-order chi connectivity index (χ0) is 12.5. The average molecular weight is 237 g/mol. The van der Waals surface area contributed by atoms with Crippen molar-refractivity contribution in [1.82, 2.24) is 15.0 Å². The standard InChI is InChI=1S/C8H10F3N3O2/c1-3-5-6(7(15)16)12-13-14(5)4(2)8(9,10)11/h4H,3H2,1-2H3,(H,15,16). The van der Waals surface area contributed by atoms with Crippen molar-refractivity contribution in [3.05, 3.63) is 11.4 Å². The van der Waals surface area contributed by atoms with Gasteiger partial charge in [0.2, 0.25) is 0 Å². The molecule has 0 amide bonds. The number of carboxylic acids is 1. The van der Waals surface area contributed by atoms with E-state index in [1.807, 2.05) is 0 Å². The van der Waals surface area contributed by atoms with E-state index in [-0.39, 0.29) is 12.1 Å². The van der Waals surface area contributed by atoms with Crippen molar-refractivity contribution in [2.24, 2.45) is 0 Å². The monoisotopic (exact) mass is 237 g/mol. The van der Waals surface area contributed by atoms with Crippen LogP contribution in [0, 0.1) is 0 Å². The lowest BCUT2D eigenvalue weighted by Crippen LogP contribution is -2.26. The lowest BCUT2D eigenvalue weighted by molar-refractivity contribution is -0.166. The fraction of sp³-hybridized carbons (Fsp3) is 0.625. The Hall–Kier alpha value is -1.60. The molecule has 1 heterocycles. The fourth-order valence-electron chi connectivity index (χ4n) is 1.26. The van der Waals surface area contributed by atoms with Gasteiger partial charge in [-0.1, -0.05) is 12.1 Å². The zero-order valence-electron chi connectivity index (χ0n) is 8.62. The SMILES string of the molecule is CCc1c(C(=O)O)nnn1C(C)C(F)(F)F. The summed E-state index contributed by atoms with van der Waals surface area (Å²) in [6, 6.07) is -1.89. The minimum atomic E-state index is -4.48. The molecule has 90 valence electrons. The van der Waals surface area contributed by atoms with Gasteiger partial charge in [0, 0.05) is 0 Å². The number of hydrogen-bond acceptors (Lipinski definition) is 3. The van der Waals surface area contributed by atoms with E-state index in [0.717, 1.165) is 6.92 Å². The molecule has 0 spiro atoms. The summed E-state index contributed by atoms with van der Waals surface area (Å²) < 4.78 is 37.9. The van der Waals surface area contributed by atoms with Crippen molar-refractivity contribution in [3.63, 3.8) is 0 Å². The molecule has 1 unspecified atom stereocenters. The molecule has 0 aliphatic carbocycles. The summed E-state index contributed by atoms with van der Waals surface area (Å²) in [6.45, 7) is 2.45. The third kappa shape index (κ3) is 2.15. The number of aromatic carboxylic acids is 1. The summed E-state index contributed by atoms with van der Waals surface area (Å²) in [5, 5.41) is 15.2. The van der Waals surface area contributed by atoms with E-state index in [4.69, 9.17) is 5.11 Å². The smallest absolute Gasteiger partial charge is 0.410 e. The molecule has 5 nitrogen and oxygen atoms in total. The Balaban J connectivity index is 3.20. The van der Waals surface area contributed by atoms with Gasteiger partial charge in [0.05, 0.1) is 5.69 Å². The highest BCUT2D eigenvalue weighted by Crippen LogP contribution is 2.30. The highest BCUT2D eigenvalue weighted by molar-refractivity contribution is 5.86. The van der Waals surface area contributed by atoms with E-state index in [9.17, 15) is 18.0 Å². The van der Waals surface area contributed by atoms with Crippen LogP contribution in [-0.4, -0.2) is 32.2 Å². The normalized spacial score (nSPS) is 13.8. The van der Waals surface area contributed by atoms with Crippen LogP contribution in [-0.2, 0) is 6.42 Å². The predicted octanol–water partition coefficient (Wildman–Crippen LogP) is 1.66. The molecular weight excluding hydrogens is 227 g/mol. The number of hydrogen-bond donors (Lipinski definition) is 1. The van der Waals surface area contributed by atoms with E-state index in [0.29, 0.717) is 4.68 Å². The van der Waals surface area contributed by atoms with Crippen LogP contribution in [0.3, 0.4) is 0 Å². The number of rotatable bonds is 3. The molecule has 1 atom stereocenters. The van der Waals surface area contributed by atoms with Gasteiger partial charge < -0.3 is 5.11 Å². The molecule has 0 aromatic carbocycles. The lowest BCUT2D eigenvalue weighted by atomic mass is 10.2. The number of halogens is 3. The highest BCUT2D eigenvalue weighted by Gasteiger charge is 2.40. The topological polar surface area (TPSA) is 68.0 Å². The maximum atomic E-state index is 12.4. The summed E-state index contributed by atoms with van der Waals surface area (Å²) in [6.07, 6.45) is -4.36. The van der Waals surface area contributed by atoms with Crippen LogP contribution in [0.2, 0.25) is 0 Å². The third-order valence-corrected chi connectivity index (χ3v) is 2.17. The minimum Gasteiger partial charge on any atom is -0.476 e. The largest absolute Gasteiger partial charge is 0.476 e. The zero-order valence-corrected chi connectivity index (χ0v) is 8.62. The fourth-order valence-corrected chi connectivity index (χ4v) is 1.26. The molecular formula is C8H10F3N3O2. The Kier molecular flexibility index (Phi) is 3.20. The van der Waals surface area contributed by atoms with Gasteiger partial charge in [-0.05, 0) is 13.3 Å². The summed E-state index contributed by atoms with van der Waals surface area (Å²) in [5.41, 5.74) is -0.462. The van der Waals surface area contributed by atoms with Crippen LogP contribution in [0.5, 0.6) is 0 Å². The van der Waals surface area contributed by atoms with Gasteiger partial charge in [0.1, 0.15) is 6.04 Å². The van der Waals surface area contributed by atoms with Gasteiger partial charge in [0.25, 0.3) is 0 Å². The lowest BCUT2D eigenvalue weighted by Gasteiger charge is -2.17. The number of carbonyl (C=O) groups is 1. The molecule has 1 aromatic rings. The van der Waals surface area contributed by atoms with E-state index < -0.39 is 23.9 Å². The van der Waals surface area contributed by atoms with Gasteiger partial charge >= 0.3 is 12.1 Å². The number of carboxylic acid groups (broad SMARTS) is 1. The van der Waals surface area contributed by atoms with Crippen LogP contribution in [0.15, 0.2) is 0 Å². The second kappa shape index (κ2) is 4.11. The van der Waals surface area contributed by atoms with Crippen molar-refractivity contribution in [3.8, 4) is 0 Å². The van der Waals surface area contributed by atoms with E-state index in [2.05, 4.69) is 10.3 Å². The molecule has 1 rings (SSSR count). The minimum absolute atomic E-state index is 0.0303. The van der Waals surface area contributed by atoms with Gasteiger partial charge in [0.15, 0.2) is 5.69 Å². The maximum Gasteiger partial charge on any atom is 0.410 e. The van der Waals surface area contributed by atoms with E-state index in [1.54, 1.807) is 6.92 Å². The van der Waals surface area contributed by atoms with Crippen molar-refractivity contribution in [1.29, 1.82) is 0 Å². The Labute approximate surface area is 88.9 Å². The Bertz CT molecular complexity index is 400. The molecule has 0 radical (unpaired) electrons. The number of alkyl halides is 3. The molecule has 0 fully saturated rings. The van der Waals surface area contributed by atoms with Crippen molar-refractivity contribution in [2.75, 3.05) is 0 Å². The Morgan fingerprint density at radius 2 is 2.12 bits per heavy atom. The van der Waals surface area contributed by atoms with Gasteiger partial charge in [-0.25, -0.2) is 9.48 Å². The van der Waals surface area contributed by atoms with Crippen LogP contribution >= 0.6 is 0 Å².